The molecule has 7 nitrogen and oxygen atoms in total. The first-order valence-corrected chi connectivity index (χ1v) is 11.0. The third-order valence-electron chi connectivity index (χ3n) is 6.71. The summed E-state index contributed by atoms with van der Waals surface area (Å²) in [6.07, 6.45) is 0.684. The number of carbonyl (C=O) groups excluding carboxylic acids is 2. The van der Waals surface area contributed by atoms with Gasteiger partial charge in [0.05, 0.1) is 0 Å². The fourth-order valence-electron chi connectivity index (χ4n) is 4.85. The van der Waals surface area contributed by atoms with Crippen LogP contribution >= 0.6 is 0 Å². The molecule has 0 spiro atoms. The van der Waals surface area contributed by atoms with Crippen molar-refractivity contribution in [3.63, 3.8) is 0 Å². The first kappa shape index (κ1) is 21.9. The van der Waals surface area contributed by atoms with E-state index in [1.165, 1.54) is 4.90 Å². The average molecular weight is 437 g/mol. The van der Waals surface area contributed by atoms with Crippen LogP contribution < -0.4 is 5.32 Å². The van der Waals surface area contributed by atoms with Crippen LogP contribution in [0.15, 0.2) is 48.5 Å². The van der Waals surface area contributed by atoms with Gasteiger partial charge >= 0.3 is 12.1 Å². The second-order valence-electron chi connectivity index (χ2n) is 8.60. The molecular formula is C25H28N2O5. The van der Waals surface area contributed by atoms with Gasteiger partial charge in [-0.15, -0.1) is 0 Å². The Kier molecular flexibility index (Phi) is 5.91. The van der Waals surface area contributed by atoms with Crippen molar-refractivity contribution in [1.29, 1.82) is 0 Å². The molecule has 2 unspecified atom stereocenters. The van der Waals surface area contributed by atoms with E-state index in [1.807, 2.05) is 36.4 Å². The fourth-order valence-corrected chi connectivity index (χ4v) is 4.85. The predicted octanol–water partition coefficient (Wildman–Crippen LogP) is 3.77. The monoisotopic (exact) mass is 436 g/mol. The molecule has 2 atom stereocenters. The van der Waals surface area contributed by atoms with Crippen molar-refractivity contribution in [3.8, 4) is 11.1 Å². The zero-order chi connectivity index (χ0) is 22.9. The molecule has 0 radical (unpaired) electrons. The number of benzene rings is 2. The third-order valence-corrected chi connectivity index (χ3v) is 6.71. The Morgan fingerprint density at radius 2 is 1.72 bits per heavy atom. The molecule has 0 saturated carbocycles. The molecule has 4 rings (SSSR count). The molecule has 1 aliphatic heterocycles. The summed E-state index contributed by atoms with van der Waals surface area (Å²) in [7, 11) is 0. The van der Waals surface area contributed by atoms with Gasteiger partial charge in [-0.1, -0.05) is 55.5 Å². The highest BCUT2D eigenvalue weighted by atomic mass is 16.5. The van der Waals surface area contributed by atoms with Crippen LogP contribution in [0, 0.1) is 0 Å². The number of hydrogen-bond donors (Lipinski definition) is 2. The number of aliphatic carboxylic acids is 1. The Balaban J connectivity index is 1.43. The molecule has 2 N–H and O–H groups in total. The second-order valence-corrected chi connectivity index (χ2v) is 8.60. The first-order chi connectivity index (χ1) is 15.4. The van der Waals surface area contributed by atoms with Gasteiger partial charge in [0.15, 0.2) is 0 Å². The maximum Gasteiger partial charge on any atom is 0.407 e. The maximum absolute atomic E-state index is 13.0. The van der Waals surface area contributed by atoms with Gasteiger partial charge in [0.1, 0.15) is 18.2 Å². The Morgan fingerprint density at radius 1 is 1.12 bits per heavy atom. The van der Waals surface area contributed by atoms with E-state index in [4.69, 9.17) is 4.74 Å². The zero-order valence-electron chi connectivity index (χ0n) is 18.3. The van der Waals surface area contributed by atoms with Gasteiger partial charge in [-0.25, -0.2) is 9.59 Å². The molecule has 32 heavy (non-hydrogen) atoms. The number of hydrogen-bond acceptors (Lipinski definition) is 4. The van der Waals surface area contributed by atoms with Gasteiger partial charge in [-0.2, -0.15) is 0 Å². The number of likely N-dealkylation sites (tertiary alicyclic amines) is 1. The average Bonchev–Trinajstić information content (AvgIpc) is 3.35. The van der Waals surface area contributed by atoms with Crippen molar-refractivity contribution in [1.82, 2.24) is 10.2 Å². The van der Waals surface area contributed by atoms with Crippen LogP contribution in [0.5, 0.6) is 0 Å². The molecular weight excluding hydrogens is 408 g/mol. The van der Waals surface area contributed by atoms with Crippen LogP contribution in [-0.2, 0) is 14.3 Å². The molecule has 1 fully saturated rings. The molecule has 2 amide bonds. The minimum Gasteiger partial charge on any atom is -0.480 e. The number of nitrogens with one attached hydrogen (secondary N) is 1. The van der Waals surface area contributed by atoms with Crippen molar-refractivity contribution in [2.45, 2.75) is 50.6 Å². The molecule has 2 aliphatic rings. The van der Waals surface area contributed by atoms with Gasteiger partial charge in [0, 0.05) is 12.5 Å². The van der Waals surface area contributed by atoms with Crippen molar-refractivity contribution in [3.05, 3.63) is 59.7 Å². The zero-order valence-corrected chi connectivity index (χ0v) is 18.3. The lowest BCUT2D eigenvalue weighted by Crippen LogP contribution is -2.57. The molecule has 0 aromatic heterocycles. The van der Waals surface area contributed by atoms with Gasteiger partial charge in [0.25, 0.3) is 0 Å². The van der Waals surface area contributed by atoms with Crippen LogP contribution in [0.2, 0.25) is 0 Å². The molecule has 7 heteroatoms. The highest BCUT2D eigenvalue weighted by Gasteiger charge is 2.47. The Labute approximate surface area is 187 Å². The van der Waals surface area contributed by atoms with Gasteiger partial charge in [-0.05, 0) is 48.4 Å². The van der Waals surface area contributed by atoms with E-state index < -0.39 is 23.6 Å². The smallest absolute Gasteiger partial charge is 0.407 e. The summed E-state index contributed by atoms with van der Waals surface area (Å²) in [5.74, 6) is -1.49. The third kappa shape index (κ3) is 3.72. The lowest BCUT2D eigenvalue weighted by molar-refractivity contribution is -0.156. The van der Waals surface area contributed by atoms with Crippen molar-refractivity contribution < 1.29 is 24.2 Å². The minimum absolute atomic E-state index is 0.0715. The predicted molar refractivity (Wildman–Crippen MR) is 119 cm³/mol. The van der Waals surface area contributed by atoms with Crippen LogP contribution in [0.1, 0.15) is 50.2 Å². The molecule has 0 bridgehead atoms. The van der Waals surface area contributed by atoms with E-state index >= 15 is 0 Å². The summed E-state index contributed by atoms with van der Waals surface area (Å²) in [6.45, 7) is 3.85. The summed E-state index contributed by atoms with van der Waals surface area (Å²) in [6, 6.07) is 15.3. The number of fused-ring (bicyclic) bond motifs is 3. The maximum atomic E-state index is 13.0. The van der Waals surface area contributed by atoms with Crippen LogP contribution in [-0.4, -0.2) is 52.7 Å². The van der Waals surface area contributed by atoms with E-state index in [0.29, 0.717) is 25.8 Å². The summed E-state index contributed by atoms with van der Waals surface area (Å²) < 4.78 is 5.55. The van der Waals surface area contributed by atoms with E-state index in [1.54, 1.807) is 13.8 Å². The molecule has 2 aromatic carbocycles. The van der Waals surface area contributed by atoms with E-state index in [9.17, 15) is 19.5 Å². The summed E-state index contributed by atoms with van der Waals surface area (Å²) in [4.78, 5) is 38.7. The number of carboxylic acids is 1. The standard InChI is InChI=1S/C25H28N2O5/c1-3-21(22(28)27-14-8-13-25(27,2)23(29)30)26-24(31)32-15-20-18-11-6-4-9-16(18)17-10-5-7-12-19(17)20/h4-7,9-12,20-21H,3,8,13-15H2,1-2H3,(H,26,31)(H,29,30). The SMILES string of the molecule is CCC(NC(=O)OCC1c2ccccc2-c2ccccc21)C(=O)N1CCCC1(C)C(=O)O. The molecule has 1 heterocycles. The highest BCUT2D eigenvalue weighted by molar-refractivity contribution is 5.91. The molecule has 1 saturated heterocycles. The molecule has 2 aromatic rings. The largest absolute Gasteiger partial charge is 0.480 e. The Bertz CT molecular complexity index is 1010. The fraction of sp³-hybridized carbons (Fsp3) is 0.400. The number of alkyl carbamates (subject to hydrolysis) is 1. The lowest BCUT2D eigenvalue weighted by Gasteiger charge is -2.33. The number of amides is 2. The van der Waals surface area contributed by atoms with E-state index in [2.05, 4.69) is 17.4 Å². The van der Waals surface area contributed by atoms with E-state index in [0.717, 1.165) is 22.3 Å². The Hall–Kier alpha value is -3.35. The first-order valence-electron chi connectivity index (χ1n) is 11.0. The molecule has 168 valence electrons. The Morgan fingerprint density at radius 3 is 2.28 bits per heavy atom. The number of ether oxygens (including phenoxy) is 1. The topological polar surface area (TPSA) is 95.9 Å². The quantitative estimate of drug-likeness (QED) is 0.719. The van der Waals surface area contributed by atoms with Crippen LogP contribution in [0.4, 0.5) is 4.79 Å². The van der Waals surface area contributed by atoms with Gasteiger partial charge < -0.3 is 20.1 Å². The number of carbonyl (C=O) groups is 3. The summed E-state index contributed by atoms with van der Waals surface area (Å²) in [5.41, 5.74) is 3.26. The molecule has 1 aliphatic carbocycles. The van der Waals surface area contributed by atoms with E-state index in [-0.39, 0.29) is 18.4 Å². The van der Waals surface area contributed by atoms with Crippen molar-refractivity contribution >= 4 is 18.0 Å². The number of nitrogens with zero attached hydrogens (tertiary/aromatic N) is 1. The summed E-state index contributed by atoms with van der Waals surface area (Å²) in [5, 5.41) is 12.2. The number of rotatable bonds is 6. The normalized spacial score (nSPS) is 20.4. The van der Waals surface area contributed by atoms with Gasteiger partial charge in [0.2, 0.25) is 5.91 Å². The van der Waals surface area contributed by atoms with Crippen molar-refractivity contribution in [2.75, 3.05) is 13.2 Å². The second kappa shape index (κ2) is 8.65. The van der Waals surface area contributed by atoms with Gasteiger partial charge in [-0.3, -0.25) is 4.79 Å². The highest BCUT2D eigenvalue weighted by Crippen LogP contribution is 2.44. The van der Waals surface area contributed by atoms with Crippen molar-refractivity contribution in [2.24, 2.45) is 0 Å². The van der Waals surface area contributed by atoms with Crippen LogP contribution in [0.3, 0.4) is 0 Å². The lowest BCUT2D eigenvalue weighted by atomic mass is 9.98. The minimum atomic E-state index is -1.24. The number of carboxylic acid groups (broad SMARTS) is 1. The summed E-state index contributed by atoms with van der Waals surface area (Å²) >= 11 is 0. The van der Waals surface area contributed by atoms with Crippen LogP contribution in [0.25, 0.3) is 11.1 Å².